The molecule has 8 nitrogen and oxygen atoms in total. The number of aliphatic carboxylic acids is 1. The molecule has 0 aliphatic heterocycles. The zero-order chi connectivity index (χ0) is 20.0. The highest BCUT2D eigenvalue weighted by Crippen LogP contribution is 2.15. The summed E-state index contributed by atoms with van der Waals surface area (Å²) in [5, 5.41) is 22.6. The molecule has 0 aliphatic rings. The number of nitro groups is 1. The first-order valence-electron chi connectivity index (χ1n) is 7.92. The maximum Gasteiger partial charge on any atom is 0.326 e. The SMILES string of the molecule is C[C@@H](C(=O)O)N(Cc1ccc([N+](=O)[O-])cc1)C(=S)NC(=O)c1ccccc1. The Morgan fingerprint density at radius 2 is 1.78 bits per heavy atom. The van der Waals surface area contributed by atoms with E-state index in [4.69, 9.17) is 12.2 Å². The van der Waals surface area contributed by atoms with E-state index >= 15 is 0 Å². The molecule has 2 aromatic carbocycles. The van der Waals surface area contributed by atoms with Crippen LogP contribution in [0.2, 0.25) is 0 Å². The summed E-state index contributed by atoms with van der Waals surface area (Å²) >= 11 is 5.24. The zero-order valence-corrected chi connectivity index (χ0v) is 15.2. The average molecular weight is 387 g/mol. The third-order valence-corrected chi connectivity index (χ3v) is 4.18. The van der Waals surface area contributed by atoms with Gasteiger partial charge in [-0.3, -0.25) is 20.2 Å². The molecule has 0 bridgehead atoms. The summed E-state index contributed by atoms with van der Waals surface area (Å²) in [6, 6.07) is 13.1. The molecule has 0 saturated carbocycles. The Balaban J connectivity index is 2.18. The molecule has 0 saturated heterocycles. The van der Waals surface area contributed by atoms with Crippen molar-refractivity contribution in [2.75, 3.05) is 0 Å². The van der Waals surface area contributed by atoms with E-state index in [2.05, 4.69) is 5.32 Å². The maximum absolute atomic E-state index is 12.3. The van der Waals surface area contributed by atoms with E-state index in [1.807, 2.05) is 0 Å². The molecular weight excluding hydrogens is 370 g/mol. The molecule has 0 heterocycles. The number of nitrogens with zero attached hydrogens (tertiary/aromatic N) is 2. The van der Waals surface area contributed by atoms with Crippen LogP contribution in [-0.4, -0.2) is 38.0 Å². The monoisotopic (exact) mass is 387 g/mol. The molecule has 1 amide bonds. The number of hydrogen-bond acceptors (Lipinski definition) is 5. The Labute approximate surface area is 160 Å². The molecule has 2 N–H and O–H groups in total. The lowest BCUT2D eigenvalue weighted by atomic mass is 10.1. The topological polar surface area (TPSA) is 113 Å². The van der Waals surface area contributed by atoms with Crippen LogP contribution in [0.5, 0.6) is 0 Å². The molecule has 0 unspecified atom stereocenters. The van der Waals surface area contributed by atoms with Gasteiger partial charge < -0.3 is 10.0 Å². The normalized spacial score (nSPS) is 11.3. The summed E-state index contributed by atoms with van der Waals surface area (Å²) in [4.78, 5) is 35.3. The molecule has 2 aromatic rings. The van der Waals surface area contributed by atoms with Crippen LogP contribution in [0, 0.1) is 10.1 Å². The third-order valence-electron chi connectivity index (χ3n) is 3.84. The van der Waals surface area contributed by atoms with Gasteiger partial charge in [-0.05, 0) is 36.8 Å². The first kappa shape index (κ1) is 20.0. The molecule has 0 radical (unpaired) electrons. The average Bonchev–Trinajstić information content (AvgIpc) is 2.66. The minimum Gasteiger partial charge on any atom is -0.480 e. The summed E-state index contributed by atoms with van der Waals surface area (Å²) < 4.78 is 0. The third kappa shape index (κ3) is 5.32. The number of benzene rings is 2. The Kier molecular flexibility index (Phi) is 6.56. The molecule has 27 heavy (non-hydrogen) atoms. The lowest BCUT2D eigenvalue weighted by Gasteiger charge is -2.29. The smallest absolute Gasteiger partial charge is 0.326 e. The minimum atomic E-state index is -1.12. The predicted molar refractivity (Wildman–Crippen MR) is 102 cm³/mol. The number of nitro benzene ring substituents is 1. The van der Waals surface area contributed by atoms with Crippen LogP contribution < -0.4 is 5.32 Å². The van der Waals surface area contributed by atoms with E-state index in [1.54, 1.807) is 30.3 Å². The number of carbonyl (C=O) groups excluding carboxylic acids is 1. The van der Waals surface area contributed by atoms with Gasteiger partial charge in [-0.15, -0.1) is 0 Å². The predicted octanol–water partition coefficient (Wildman–Crippen LogP) is 2.58. The number of hydrogen-bond donors (Lipinski definition) is 2. The number of carbonyl (C=O) groups is 2. The molecule has 0 aliphatic carbocycles. The molecule has 9 heteroatoms. The number of rotatable bonds is 6. The van der Waals surface area contributed by atoms with Crippen LogP contribution in [0.4, 0.5) is 5.69 Å². The van der Waals surface area contributed by atoms with Crippen molar-refractivity contribution in [2.45, 2.75) is 19.5 Å². The molecule has 0 aromatic heterocycles. The number of nitrogens with one attached hydrogen (secondary N) is 1. The number of non-ortho nitro benzene ring substituents is 1. The van der Waals surface area contributed by atoms with E-state index in [-0.39, 0.29) is 17.3 Å². The minimum absolute atomic E-state index is 0.0443. The van der Waals surface area contributed by atoms with Crippen molar-refractivity contribution in [3.05, 3.63) is 75.8 Å². The van der Waals surface area contributed by atoms with Crippen LogP contribution in [-0.2, 0) is 11.3 Å². The van der Waals surface area contributed by atoms with Gasteiger partial charge in [0.2, 0.25) is 0 Å². The highest BCUT2D eigenvalue weighted by atomic mass is 32.1. The van der Waals surface area contributed by atoms with Gasteiger partial charge in [-0.25, -0.2) is 4.79 Å². The summed E-state index contributed by atoms with van der Waals surface area (Å²) in [5.41, 5.74) is 0.930. The van der Waals surface area contributed by atoms with Crippen LogP contribution in [0.1, 0.15) is 22.8 Å². The fraction of sp³-hybridized carbons (Fsp3) is 0.167. The first-order valence-corrected chi connectivity index (χ1v) is 8.33. The van der Waals surface area contributed by atoms with Crippen molar-refractivity contribution in [1.82, 2.24) is 10.2 Å². The van der Waals surface area contributed by atoms with Gasteiger partial charge >= 0.3 is 5.97 Å². The summed E-state index contributed by atoms with van der Waals surface area (Å²) in [6.07, 6.45) is 0. The van der Waals surface area contributed by atoms with Crippen molar-refractivity contribution >= 4 is 34.9 Å². The quantitative estimate of drug-likeness (QED) is 0.445. The fourth-order valence-corrected chi connectivity index (χ4v) is 2.58. The molecule has 0 spiro atoms. The summed E-state index contributed by atoms with van der Waals surface area (Å²) in [5.74, 6) is -1.57. The fourth-order valence-electron chi connectivity index (χ4n) is 2.27. The van der Waals surface area contributed by atoms with E-state index in [9.17, 15) is 24.8 Å². The van der Waals surface area contributed by atoms with Crippen LogP contribution in [0.3, 0.4) is 0 Å². The van der Waals surface area contributed by atoms with Crippen molar-refractivity contribution in [3.63, 3.8) is 0 Å². The largest absolute Gasteiger partial charge is 0.480 e. The second-order valence-corrected chi connectivity index (χ2v) is 6.08. The van der Waals surface area contributed by atoms with Gasteiger partial charge in [-0.1, -0.05) is 30.3 Å². The van der Waals surface area contributed by atoms with Crippen molar-refractivity contribution in [2.24, 2.45) is 0 Å². The molecule has 1 atom stereocenters. The molecule has 2 rings (SSSR count). The number of thiocarbonyl (C=S) groups is 1. The number of carboxylic acid groups (broad SMARTS) is 1. The van der Waals surface area contributed by atoms with E-state index in [0.29, 0.717) is 11.1 Å². The Morgan fingerprint density at radius 1 is 1.19 bits per heavy atom. The lowest BCUT2D eigenvalue weighted by molar-refractivity contribution is -0.384. The summed E-state index contributed by atoms with van der Waals surface area (Å²) in [6.45, 7) is 1.51. The molecule has 140 valence electrons. The van der Waals surface area contributed by atoms with Gasteiger partial charge in [0.05, 0.1) is 4.92 Å². The van der Waals surface area contributed by atoms with Crippen LogP contribution in [0.25, 0.3) is 0 Å². The van der Waals surface area contributed by atoms with Gasteiger partial charge in [-0.2, -0.15) is 0 Å². The van der Waals surface area contributed by atoms with Crippen molar-refractivity contribution in [3.8, 4) is 0 Å². The Hall–Kier alpha value is -3.33. The zero-order valence-electron chi connectivity index (χ0n) is 14.4. The first-order chi connectivity index (χ1) is 12.8. The molecular formula is C18H17N3O5S. The van der Waals surface area contributed by atoms with Crippen molar-refractivity contribution < 1.29 is 19.6 Å². The summed E-state index contributed by atoms with van der Waals surface area (Å²) in [7, 11) is 0. The van der Waals surface area contributed by atoms with E-state index in [1.165, 1.54) is 36.1 Å². The standard InChI is InChI=1S/C18H17N3O5S/c1-12(17(23)24)20(11-13-7-9-15(10-8-13)21(25)26)18(27)19-16(22)14-5-3-2-4-6-14/h2-10,12H,11H2,1H3,(H,23,24)(H,19,22,27)/t12-/m0/s1. The lowest BCUT2D eigenvalue weighted by Crippen LogP contribution is -2.49. The Bertz CT molecular complexity index is 855. The highest BCUT2D eigenvalue weighted by Gasteiger charge is 2.25. The van der Waals surface area contributed by atoms with E-state index < -0.39 is 22.8 Å². The van der Waals surface area contributed by atoms with Gasteiger partial charge in [0.25, 0.3) is 11.6 Å². The second kappa shape index (κ2) is 8.86. The number of carboxylic acids is 1. The van der Waals surface area contributed by atoms with E-state index in [0.717, 1.165) is 0 Å². The van der Waals surface area contributed by atoms with Crippen molar-refractivity contribution in [1.29, 1.82) is 0 Å². The highest BCUT2D eigenvalue weighted by molar-refractivity contribution is 7.80. The van der Waals surface area contributed by atoms with Crippen LogP contribution in [0.15, 0.2) is 54.6 Å². The second-order valence-electron chi connectivity index (χ2n) is 5.69. The van der Waals surface area contributed by atoms with Gasteiger partial charge in [0, 0.05) is 24.2 Å². The maximum atomic E-state index is 12.3. The van der Waals surface area contributed by atoms with Gasteiger partial charge in [0.1, 0.15) is 6.04 Å². The van der Waals surface area contributed by atoms with Gasteiger partial charge in [0.15, 0.2) is 5.11 Å². The van der Waals surface area contributed by atoms with Crippen LogP contribution >= 0.6 is 12.2 Å². The Morgan fingerprint density at radius 3 is 2.30 bits per heavy atom. The molecule has 0 fully saturated rings. The number of amides is 1.